The van der Waals surface area contributed by atoms with E-state index in [-0.39, 0.29) is 52.4 Å². The molecule has 2 aliphatic rings. The Labute approximate surface area is 259 Å². The fourth-order valence-corrected chi connectivity index (χ4v) is 6.63. The summed E-state index contributed by atoms with van der Waals surface area (Å²) < 4.78 is 26.8. The second-order valence-electron chi connectivity index (χ2n) is 11.9. The molecule has 2 aromatic carbocycles. The standard InChI is InChI=1S/C31H33Cl2FN4O5/c1-30(2,3)14-23-31(18-9-8-16(32)12-20(18)37-29(31)41)25(17-6-5-7-19(33)26(17)34)27(38-23)28(40)36-21-15-35-24(43-11-10-39)13-22(21)42-4/h5-9,12-13,15,23,25,27,38-39H,10-11,14H2,1-4H3,(H,36,40)(H,37,41)/t23-,25-,27+,31+/m0/s1. The van der Waals surface area contributed by atoms with E-state index >= 15 is 4.39 Å². The van der Waals surface area contributed by atoms with Gasteiger partial charge in [0.05, 0.1) is 31.0 Å². The van der Waals surface area contributed by atoms with Crippen LogP contribution >= 0.6 is 23.2 Å². The third-order valence-corrected chi connectivity index (χ3v) is 8.41. The molecule has 0 bridgehead atoms. The van der Waals surface area contributed by atoms with Gasteiger partial charge in [0.15, 0.2) is 0 Å². The number of hydrogen-bond acceptors (Lipinski definition) is 7. The van der Waals surface area contributed by atoms with Crippen molar-refractivity contribution in [2.24, 2.45) is 5.41 Å². The van der Waals surface area contributed by atoms with E-state index in [1.54, 1.807) is 30.3 Å². The zero-order valence-corrected chi connectivity index (χ0v) is 25.6. The number of aliphatic hydroxyl groups is 1. The quantitative estimate of drug-likeness (QED) is 0.267. The van der Waals surface area contributed by atoms with E-state index in [2.05, 4.69) is 20.9 Å². The topological polar surface area (TPSA) is 122 Å². The minimum absolute atomic E-state index is 0.0345. The highest BCUT2D eigenvalue weighted by atomic mass is 35.5. The number of halogens is 3. The fraction of sp³-hybridized carbons (Fsp3) is 0.387. The van der Waals surface area contributed by atoms with E-state index in [0.29, 0.717) is 22.7 Å². The molecule has 9 nitrogen and oxygen atoms in total. The van der Waals surface area contributed by atoms with E-state index in [0.717, 1.165) is 0 Å². The molecule has 1 aromatic heterocycles. The van der Waals surface area contributed by atoms with Gasteiger partial charge < -0.3 is 30.5 Å². The van der Waals surface area contributed by atoms with Gasteiger partial charge in [0.1, 0.15) is 29.3 Å². The predicted octanol–water partition coefficient (Wildman–Crippen LogP) is 5.30. The summed E-state index contributed by atoms with van der Waals surface area (Å²) >= 11 is 12.6. The second-order valence-corrected chi connectivity index (χ2v) is 12.7. The van der Waals surface area contributed by atoms with Crippen molar-refractivity contribution in [2.45, 2.75) is 50.6 Å². The number of carbonyl (C=O) groups excluding carboxylic acids is 2. The van der Waals surface area contributed by atoms with Gasteiger partial charge in [-0.05, 0) is 41.2 Å². The van der Waals surface area contributed by atoms with Crippen molar-refractivity contribution >= 4 is 46.4 Å². The maximum atomic E-state index is 15.9. The first-order chi connectivity index (χ1) is 20.4. The number of aromatic nitrogens is 1. The molecule has 3 heterocycles. The second kappa shape index (κ2) is 11.9. The third kappa shape index (κ3) is 5.64. The minimum atomic E-state index is -1.38. The summed E-state index contributed by atoms with van der Waals surface area (Å²) in [4.78, 5) is 32.7. The van der Waals surface area contributed by atoms with E-state index in [9.17, 15) is 9.59 Å². The van der Waals surface area contributed by atoms with Gasteiger partial charge >= 0.3 is 0 Å². The summed E-state index contributed by atoms with van der Waals surface area (Å²) in [7, 11) is 1.43. The van der Waals surface area contributed by atoms with Crippen LogP contribution in [-0.2, 0) is 15.0 Å². The van der Waals surface area contributed by atoms with Crippen LogP contribution in [0.1, 0.15) is 44.2 Å². The van der Waals surface area contributed by atoms with Crippen molar-refractivity contribution in [2.75, 3.05) is 31.0 Å². The molecule has 0 aliphatic carbocycles. The van der Waals surface area contributed by atoms with Gasteiger partial charge in [0.2, 0.25) is 17.7 Å². The number of anilines is 2. The number of hydrogen-bond donors (Lipinski definition) is 4. The lowest BCUT2D eigenvalue weighted by molar-refractivity contribution is -0.122. The Morgan fingerprint density at radius 1 is 1.21 bits per heavy atom. The SMILES string of the molecule is COc1cc(OCCO)ncc1NC(=O)[C@@H]1N[C@@H](CC(C)(C)C)[C@@]2(C(=O)Nc3cc(Cl)ccc32)[C@H]1c1cccc(Cl)c1F. The first-order valence-electron chi connectivity index (χ1n) is 13.8. The lowest BCUT2D eigenvalue weighted by Gasteiger charge is -2.37. The summed E-state index contributed by atoms with van der Waals surface area (Å²) in [5.41, 5.74) is -0.158. The molecule has 0 radical (unpaired) electrons. The average molecular weight is 632 g/mol. The first kappa shape index (κ1) is 31.0. The van der Waals surface area contributed by atoms with Gasteiger partial charge in [-0.15, -0.1) is 0 Å². The summed E-state index contributed by atoms with van der Waals surface area (Å²) in [5.74, 6) is -2.14. The lowest BCUT2D eigenvalue weighted by atomic mass is 9.62. The maximum absolute atomic E-state index is 15.9. The molecule has 43 heavy (non-hydrogen) atoms. The van der Waals surface area contributed by atoms with Crippen LogP contribution in [0.25, 0.3) is 0 Å². The normalized spacial score (nSPS) is 22.8. The number of methoxy groups -OCH3 is 1. The van der Waals surface area contributed by atoms with E-state index in [4.69, 9.17) is 37.8 Å². The molecule has 2 aliphatic heterocycles. The van der Waals surface area contributed by atoms with Crippen LogP contribution in [0.2, 0.25) is 10.0 Å². The number of carbonyl (C=O) groups is 2. The molecule has 12 heteroatoms. The molecule has 1 spiro atoms. The third-order valence-electron chi connectivity index (χ3n) is 7.88. The number of ether oxygens (including phenoxy) is 2. The van der Waals surface area contributed by atoms with Crippen molar-refractivity contribution in [1.82, 2.24) is 10.3 Å². The minimum Gasteiger partial charge on any atom is -0.494 e. The number of amides is 2. The molecule has 1 saturated heterocycles. The number of rotatable bonds is 8. The summed E-state index contributed by atoms with van der Waals surface area (Å²) in [6.07, 6.45) is 1.85. The molecule has 5 rings (SSSR count). The zero-order valence-electron chi connectivity index (χ0n) is 24.1. The van der Waals surface area contributed by atoms with E-state index in [1.807, 2.05) is 20.8 Å². The van der Waals surface area contributed by atoms with Gasteiger partial charge in [-0.25, -0.2) is 9.37 Å². The maximum Gasteiger partial charge on any atom is 0.242 e. The van der Waals surface area contributed by atoms with Crippen LogP contribution in [0.4, 0.5) is 15.8 Å². The number of benzene rings is 2. The Bertz CT molecular complexity index is 1570. The predicted molar refractivity (Wildman–Crippen MR) is 163 cm³/mol. The van der Waals surface area contributed by atoms with Gasteiger partial charge in [0.25, 0.3) is 0 Å². The van der Waals surface area contributed by atoms with Crippen molar-refractivity contribution in [3.63, 3.8) is 0 Å². The average Bonchev–Trinajstić information content (AvgIpc) is 3.42. The van der Waals surface area contributed by atoms with Gasteiger partial charge in [-0.3, -0.25) is 9.59 Å². The van der Waals surface area contributed by atoms with Crippen LogP contribution in [0, 0.1) is 11.2 Å². The largest absolute Gasteiger partial charge is 0.494 e. The van der Waals surface area contributed by atoms with Gasteiger partial charge in [-0.1, -0.05) is 62.2 Å². The molecule has 0 unspecified atom stereocenters. The van der Waals surface area contributed by atoms with Crippen molar-refractivity contribution in [3.05, 3.63) is 75.7 Å². The van der Waals surface area contributed by atoms with Crippen molar-refractivity contribution < 1.29 is 28.6 Å². The molecule has 0 saturated carbocycles. The molecular formula is C31H33Cl2FN4O5. The first-order valence-corrected chi connectivity index (χ1v) is 14.6. The lowest BCUT2D eigenvalue weighted by Crippen LogP contribution is -2.49. The van der Waals surface area contributed by atoms with Gasteiger partial charge in [-0.2, -0.15) is 0 Å². The Hall–Kier alpha value is -3.44. The molecule has 3 aromatic rings. The molecule has 1 fully saturated rings. The van der Waals surface area contributed by atoms with Crippen LogP contribution in [0.15, 0.2) is 48.7 Å². The number of nitrogens with zero attached hydrogens (tertiary/aromatic N) is 1. The summed E-state index contributed by atoms with van der Waals surface area (Å²) in [6.45, 7) is 5.95. The monoisotopic (exact) mass is 630 g/mol. The Kier molecular flexibility index (Phi) is 8.59. The molecule has 4 atom stereocenters. The number of pyridine rings is 1. The van der Waals surface area contributed by atoms with E-state index < -0.39 is 35.1 Å². The van der Waals surface area contributed by atoms with E-state index in [1.165, 1.54) is 25.4 Å². The number of nitrogens with one attached hydrogen (secondary N) is 3. The molecule has 2 amide bonds. The van der Waals surface area contributed by atoms with Gasteiger partial charge in [0, 0.05) is 28.7 Å². The van der Waals surface area contributed by atoms with Crippen molar-refractivity contribution in [3.8, 4) is 11.6 Å². The molecule has 4 N–H and O–H groups in total. The Morgan fingerprint density at radius 3 is 2.67 bits per heavy atom. The van der Waals surface area contributed by atoms with Crippen LogP contribution in [0.5, 0.6) is 11.6 Å². The summed E-state index contributed by atoms with van der Waals surface area (Å²) in [6, 6.07) is 9.53. The molecule has 228 valence electrons. The number of aliphatic hydroxyl groups excluding tert-OH is 1. The highest BCUT2D eigenvalue weighted by Crippen LogP contribution is 2.57. The summed E-state index contributed by atoms with van der Waals surface area (Å²) in [5, 5.41) is 18.6. The fourth-order valence-electron chi connectivity index (χ4n) is 6.27. The smallest absolute Gasteiger partial charge is 0.242 e. The Balaban J connectivity index is 1.66. The number of fused-ring (bicyclic) bond motifs is 2. The molecular weight excluding hydrogens is 598 g/mol. The van der Waals surface area contributed by atoms with Crippen LogP contribution < -0.4 is 25.4 Å². The van der Waals surface area contributed by atoms with Crippen LogP contribution in [-0.4, -0.2) is 54.3 Å². The highest BCUT2D eigenvalue weighted by Gasteiger charge is 2.66. The Morgan fingerprint density at radius 2 is 1.98 bits per heavy atom. The highest BCUT2D eigenvalue weighted by molar-refractivity contribution is 6.31. The van der Waals surface area contributed by atoms with Crippen molar-refractivity contribution in [1.29, 1.82) is 0 Å². The zero-order chi connectivity index (χ0) is 31.1. The van der Waals surface area contributed by atoms with Crippen LogP contribution in [0.3, 0.4) is 0 Å².